The van der Waals surface area contributed by atoms with Gasteiger partial charge >= 0.3 is 0 Å². The van der Waals surface area contributed by atoms with Crippen LogP contribution in [0.4, 0.5) is 0 Å². The molecule has 4 heteroatoms. The first kappa shape index (κ1) is 13.5. The van der Waals surface area contributed by atoms with Crippen LogP contribution in [0.25, 0.3) is 0 Å². The number of aryl methyl sites for hydroxylation is 2. The standard InChI is InChI=1S/C14H21NO3/c16-8-14(9-17,10-18)15-7-11-4-5-12-2-1-3-13(12)6-11/h4-6,15-18H,1-3,7-10H2. The van der Waals surface area contributed by atoms with Crippen molar-refractivity contribution in [3.8, 4) is 0 Å². The van der Waals surface area contributed by atoms with E-state index in [-0.39, 0.29) is 19.8 Å². The molecule has 0 radical (unpaired) electrons. The van der Waals surface area contributed by atoms with Gasteiger partial charge in [0.1, 0.15) is 0 Å². The number of hydrogen-bond acceptors (Lipinski definition) is 4. The van der Waals surface area contributed by atoms with Gasteiger partial charge in [-0.2, -0.15) is 0 Å². The van der Waals surface area contributed by atoms with E-state index in [9.17, 15) is 15.3 Å². The first-order valence-electron chi connectivity index (χ1n) is 6.41. The maximum Gasteiger partial charge on any atom is 0.0884 e. The Labute approximate surface area is 107 Å². The average Bonchev–Trinajstić information content (AvgIpc) is 2.88. The SMILES string of the molecule is OCC(CO)(CO)NCc1ccc2c(c1)CCC2. The lowest BCUT2D eigenvalue weighted by molar-refractivity contribution is 0.0414. The summed E-state index contributed by atoms with van der Waals surface area (Å²) in [5.74, 6) is 0. The summed E-state index contributed by atoms with van der Waals surface area (Å²) in [4.78, 5) is 0. The smallest absolute Gasteiger partial charge is 0.0884 e. The number of fused-ring (bicyclic) bond motifs is 1. The number of nitrogens with one attached hydrogen (secondary N) is 1. The van der Waals surface area contributed by atoms with Gasteiger partial charge in [-0.3, -0.25) is 0 Å². The molecule has 0 unspecified atom stereocenters. The van der Waals surface area contributed by atoms with Crippen LogP contribution >= 0.6 is 0 Å². The van der Waals surface area contributed by atoms with E-state index in [0.29, 0.717) is 6.54 Å². The fourth-order valence-electron chi connectivity index (χ4n) is 2.34. The van der Waals surface area contributed by atoms with Gasteiger partial charge in [0.15, 0.2) is 0 Å². The molecule has 0 aliphatic heterocycles. The molecule has 0 saturated heterocycles. The summed E-state index contributed by atoms with van der Waals surface area (Å²) in [6, 6.07) is 6.39. The maximum atomic E-state index is 9.23. The van der Waals surface area contributed by atoms with Crippen LogP contribution in [0, 0.1) is 0 Å². The van der Waals surface area contributed by atoms with Gasteiger partial charge in [0.25, 0.3) is 0 Å². The monoisotopic (exact) mass is 251 g/mol. The Kier molecular flexibility index (Phi) is 4.35. The summed E-state index contributed by atoms with van der Waals surface area (Å²) < 4.78 is 0. The predicted molar refractivity (Wildman–Crippen MR) is 69.3 cm³/mol. The zero-order chi connectivity index (χ0) is 13.0. The van der Waals surface area contributed by atoms with Gasteiger partial charge in [-0.25, -0.2) is 0 Å². The highest BCUT2D eigenvalue weighted by molar-refractivity contribution is 5.35. The molecular formula is C14H21NO3. The quantitative estimate of drug-likeness (QED) is 0.573. The lowest BCUT2D eigenvalue weighted by atomic mass is 10.0. The third-order valence-corrected chi connectivity index (χ3v) is 3.74. The van der Waals surface area contributed by atoms with Crippen LogP contribution in [0.15, 0.2) is 18.2 Å². The molecule has 18 heavy (non-hydrogen) atoms. The van der Waals surface area contributed by atoms with Crippen molar-refractivity contribution < 1.29 is 15.3 Å². The van der Waals surface area contributed by atoms with Crippen LogP contribution < -0.4 is 5.32 Å². The van der Waals surface area contributed by atoms with Crippen molar-refractivity contribution in [1.82, 2.24) is 5.32 Å². The molecule has 1 aliphatic carbocycles. The van der Waals surface area contributed by atoms with E-state index in [0.717, 1.165) is 18.4 Å². The number of aliphatic hydroxyl groups excluding tert-OH is 3. The van der Waals surface area contributed by atoms with Crippen molar-refractivity contribution in [2.45, 2.75) is 31.3 Å². The molecule has 0 atom stereocenters. The number of rotatable bonds is 6. The largest absolute Gasteiger partial charge is 0.394 e. The first-order valence-corrected chi connectivity index (χ1v) is 6.41. The van der Waals surface area contributed by atoms with E-state index < -0.39 is 5.54 Å². The molecule has 0 bridgehead atoms. The molecule has 1 aromatic carbocycles. The number of benzene rings is 1. The molecule has 0 amide bonds. The minimum Gasteiger partial charge on any atom is -0.394 e. The maximum absolute atomic E-state index is 9.23. The molecular weight excluding hydrogens is 230 g/mol. The Bertz CT molecular complexity index is 394. The van der Waals surface area contributed by atoms with Crippen LogP contribution in [0.1, 0.15) is 23.1 Å². The minimum absolute atomic E-state index is 0.287. The fraction of sp³-hybridized carbons (Fsp3) is 0.571. The van der Waals surface area contributed by atoms with Crippen LogP contribution in [0.3, 0.4) is 0 Å². The van der Waals surface area contributed by atoms with Gasteiger partial charge in [-0.05, 0) is 36.0 Å². The third-order valence-electron chi connectivity index (χ3n) is 3.74. The highest BCUT2D eigenvalue weighted by Gasteiger charge is 2.27. The lowest BCUT2D eigenvalue weighted by Crippen LogP contribution is -2.54. The molecule has 0 spiro atoms. The van der Waals surface area contributed by atoms with Crippen LogP contribution in [0.5, 0.6) is 0 Å². The Morgan fingerprint density at radius 1 is 1.00 bits per heavy atom. The van der Waals surface area contributed by atoms with Gasteiger partial charge in [-0.1, -0.05) is 18.2 Å². The normalized spacial score (nSPS) is 14.8. The third kappa shape index (κ3) is 2.72. The first-order chi connectivity index (χ1) is 8.73. The molecule has 2 rings (SSSR count). The van der Waals surface area contributed by atoms with E-state index in [1.807, 2.05) is 0 Å². The summed E-state index contributed by atoms with van der Waals surface area (Å²) in [5, 5.41) is 30.7. The van der Waals surface area contributed by atoms with Crippen molar-refractivity contribution in [1.29, 1.82) is 0 Å². The van der Waals surface area contributed by atoms with E-state index in [1.165, 1.54) is 17.5 Å². The van der Waals surface area contributed by atoms with Crippen molar-refractivity contribution >= 4 is 0 Å². The molecule has 0 heterocycles. The van der Waals surface area contributed by atoms with Crippen molar-refractivity contribution in [2.24, 2.45) is 0 Å². The van der Waals surface area contributed by atoms with Gasteiger partial charge in [0, 0.05) is 6.54 Å². The van der Waals surface area contributed by atoms with Gasteiger partial charge in [0.2, 0.25) is 0 Å². The van der Waals surface area contributed by atoms with Crippen molar-refractivity contribution in [2.75, 3.05) is 19.8 Å². The Balaban J connectivity index is 2.01. The highest BCUT2D eigenvalue weighted by Crippen LogP contribution is 2.22. The van der Waals surface area contributed by atoms with Crippen LogP contribution in [-0.2, 0) is 19.4 Å². The molecule has 1 aromatic rings. The second-order valence-corrected chi connectivity index (χ2v) is 5.06. The number of hydrogen-bond donors (Lipinski definition) is 4. The molecule has 100 valence electrons. The average molecular weight is 251 g/mol. The lowest BCUT2D eigenvalue weighted by Gasteiger charge is -2.29. The molecule has 4 N–H and O–H groups in total. The molecule has 0 fully saturated rings. The zero-order valence-corrected chi connectivity index (χ0v) is 10.5. The molecule has 0 saturated carbocycles. The Morgan fingerprint density at radius 2 is 1.67 bits per heavy atom. The Morgan fingerprint density at radius 3 is 2.33 bits per heavy atom. The second-order valence-electron chi connectivity index (χ2n) is 5.06. The summed E-state index contributed by atoms with van der Waals surface area (Å²) in [7, 11) is 0. The van der Waals surface area contributed by atoms with E-state index in [2.05, 4.69) is 23.5 Å². The highest BCUT2D eigenvalue weighted by atomic mass is 16.3. The van der Waals surface area contributed by atoms with Crippen molar-refractivity contribution in [3.05, 3.63) is 34.9 Å². The minimum atomic E-state index is -1.00. The van der Waals surface area contributed by atoms with Gasteiger partial charge in [-0.15, -0.1) is 0 Å². The van der Waals surface area contributed by atoms with Crippen molar-refractivity contribution in [3.63, 3.8) is 0 Å². The van der Waals surface area contributed by atoms with Gasteiger partial charge in [0.05, 0.1) is 25.4 Å². The van der Waals surface area contributed by atoms with Crippen LogP contribution in [-0.4, -0.2) is 40.7 Å². The van der Waals surface area contributed by atoms with Crippen LogP contribution in [0.2, 0.25) is 0 Å². The molecule has 0 aromatic heterocycles. The number of aliphatic hydroxyl groups is 3. The summed E-state index contributed by atoms with van der Waals surface area (Å²) in [6.45, 7) is -0.324. The van der Waals surface area contributed by atoms with E-state index in [1.54, 1.807) is 0 Å². The summed E-state index contributed by atoms with van der Waals surface area (Å²) >= 11 is 0. The Hall–Kier alpha value is -0.940. The molecule has 4 nitrogen and oxygen atoms in total. The topological polar surface area (TPSA) is 72.7 Å². The van der Waals surface area contributed by atoms with E-state index >= 15 is 0 Å². The molecule has 1 aliphatic rings. The fourth-order valence-corrected chi connectivity index (χ4v) is 2.34. The van der Waals surface area contributed by atoms with E-state index in [4.69, 9.17) is 0 Å². The summed E-state index contributed by atoms with van der Waals surface area (Å²) in [6.07, 6.45) is 3.52. The zero-order valence-electron chi connectivity index (χ0n) is 10.5. The van der Waals surface area contributed by atoms with Gasteiger partial charge < -0.3 is 20.6 Å². The predicted octanol–water partition coefficient (Wildman–Crippen LogP) is -0.0194. The second kappa shape index (κ2) is 5.80. The summed E-state index contributed by atoms with van der Waals surface area (Å²) in [5.41, 5.74) is 2.95.